The van der Waals surface area contributed by atoms with E-state index in [1.54, 1.807) is 20.1 Å². The first-order valence-corrected chi connectivity index (χ1v) is 7.34. The van der Waals surface area contributed by atoms with Crippen molar-refractivity contribution in [1.29, 1.82) is 0 Å². The average molecular weight is 308 g/mol. The Labute approximate surface area is 131 Å². The second kappa shape index (κ2) is 11.0. The summed E-state index contributed by atoms with van der Waals surface area (Å²) < 4.78 is 15.3. The predicted molar refractivity (Wildman–Crippen MR) is 83.2 cm³/mol. The van der Waals surface area contributed by atoms with Gasteiger partial charge in [0.1, 0.15) is 6.79 Å². The number of carbonyl (C=O) groups is 1. The normalized spacial score (nSPS) is 14.0. The molecule has 1 rings (SSSR count). The molecule has 122 valence electrons. The molecule has 5 heteroatoms. The van der Waals surface area contributed by atoms with E-state index >= 15 is 0 Å². The summed E-state index contributed by atoms with van der Waals surface area (Å²) in [6, 6.07) is 9.66. The summed E-state index contributed by atoms with van der Waals surface area (Å²) in [5.41, 5.74) is 0.980. The molecule has 1 aromatic carbocycles. The first-order valence-electron chi connectivity index (χ1n) is 7.34. The van der Waals surface area contributed by atoms with Crippen LogP contribution in [0.3, 0.4) is 0 Å². The molecule has 0 spiro atoms. The van der Waals surface area contributed by atoms with Gasteiger partial charge in [0.15, 0.2) is 0 Å². The molecule has 1 aromatic rings. The molecule has 0 amide bonds. The third kappa shape index (κ3) is 7.36. The van der Waals surface area contributed by atoms with E-state index < -0.39 is 12.1 Å². The number of aliphatic hydroxyl groups excluding tert-OH is 1. The Hall–Kier alpha value is -1.69. The lowest BCUT2D eigenvalue weighted by Gasteiger charge is -2.20. The highest BCUT2D eigenvalue weighted by atomic mass is 16.7. The van der Waals surface area contributed by atoms with Gasteiger partial charge in [-0.1, -0.05) is 36.4 Å². The van der Waals surface area contributed by atoms with Crippen LogP contribution in [0.4, 0.5) is 0 Å². The fraction of sp³-hybridized carbons (Fsp3) is 0.471. The number of benzene rings is 1. The van der Waals surface area contributed by atoms with Crippen molar-refractivity contribution in [2.24, 2.45) is 0 Å². The zero-order chi connectivity index (χ0) is 16.2. The van der Waals surface area contributed by atoms with Gasteiger partial charge < -0.3 is 19.3 Å². The Balaban J connectivity index is 2.52. The van der Waals surface area contributed by atoms with E-state index in [1.165, 1.54) is 6.08 Å². The minimum absolute atomic E-state index is 0.158. The van der Waals surface area contributed by atoms with Gasteiger partial charge in [-0.05, 0) is 18.9 Å². The zero-order valence-electron chi connectivity index (χ0n) is 13.1. The minimum atomic E-state index is -0.618. The molecular formula is C17H24O5. The molecule has 0 bridgehead atoms. The van der Waals surface area contributed by atoms with Gasteiger partial charge in [0.25, 0.3) is 0 Å². The van der Waals surface area contributed by atoms with Crippen LogP contribution < -0.4 is 0 Å². The van der Waals surface area contributed by atoms with E-state index in [1.807, 2.05) is 30.3 Å². The summed E-state index contributed by atoms with van der Waals surface area (Å²) in [6.45, 7) is 2.25. The van der Waals surface area contributed by atoms with Gasteiger partial charge in [0.05, 0.1) is 18.8 Å². The topological polar surface area (TPSA) is 65.0 Å². The Morgan fingerprint density at radius 1 is 1.32 bits per heavy atom. The van der Waals surface area contributed by atoms with Gasteiger partial charge in [0, 0.05) is 19.6 Å². The van der Waals surface area contributed by atoms with Crippen LogP contribution in [0.2, 0.25) is 0 Å². The minimum Gasteiger partial charge on any atom is -0.463 e. The van der Waals surface area contributed by atoms with Crippen LogP contribution in [0, 0.1) is 0 Å². The van der Waals surface area contributed by atoms with Crippen LogP contribution >= 0.6 is 0 Å². The molecule has 0 heterocycles. The Morgan fingerprint density at radius 2 is 2.05 bits per heavy atom. The molecule has 0 aliphatic heterocycles. The van der Waals surface area contributed by atoms with E-state index in [9.17, 15) is 9.90 Å². The van der Waals surface area contributed by atoms with Crippen molar-refractivity contribution < 1.29 is 24.1 Å². The third-order valence-corrected chi connectivity index (χ3v) is 2.99. The number of methoxy groups -OCH3 is 1. The molecule has 0 aliphatic rings. The van der Waals surface area contributed by atoms with Crippen LogP contribution in [-0.4, -0.2) is 37.7 Å². The monoisotopic (exact) mass is 308 g/mol. The zero-order valence-corrected chi connectivity index (χ0v) is 13.1. The molecule has 0 fully saturated rings. The van der Waals surface area contributed by atoms with Crippen LogP contribution in [0.5, 0.6) is 0 Å². The van der Waals surface area contributed by atoms with Gasteiger partial charge >= 0.3 is 5.97 Å². The van der Waals surface area contributed by atoms with Crippen molar-refractivity contribution in [3.8, 4) is 0 Å². The molecule has 1 N–H and O–H groups in total. The smallest absolute Gasteiger partial charge is 0.330 e. The SMILES string of the molecule is CCOC(=O)/C=C/C[C@H](O)C[C@@H](OCOC)c1ccccc1. The largest absolute Gasteiger partial charge is 0.463 e. The number of ether oxygens (including phenoxy) is 3. The lowest BCUT2D eigenvalue weighted by Crippen LogP contribution is -2.15. The summed E-state index contributed by atoms with van der Waals surface area (Å²) in [6.07, 6.45) is 2.85. The summed E-state index contributed by atoms with van der Waals surface area (Å²) in [5, 5.41) is 10.1. The van der Waals surface area contributed by atoms with Crippen molar-refractivity contribution in [1.82, 2.24) is 0 Å². The molecule has 22 heavy (non-hydrogen) atoms. The molecule has 5 nitrogen and oxygen atoms in total. The number of rotatable bonds is 10. The molecule has 0 saturated heterocycles. The second-order valence-electron chi connectivity index (χ2n) is 4.75. The maximum Gasteiger partial charge on any atom is 0.330 e. The summed E-state index contributed by atoms with van der Waals surface area (Å²) >= 11 is 0. The quantitative estimate of drug-likeness (QED) is 0.409. The van der Waals surface area contributed by atoms with Crippen molar-refractivity contribution in [2.75, 3.05) is 20.5 Å². The lowest BCUT2D eigenvalue weighted by atomic mass is 10.0. The average Bonchev–Trinajstić information content (AvgIpc) is 2.52. The van der Waals surface area contributed by atoms with Gasteiger partial charge in [-0.25, -0.2) is 4.79 Å². The number of carbonyl (C=O) groups excluding carboxylic acids is 1. The first-order chi connectivity index (χ1) is 10.7. The number of hydrogen-bond acceptors (Lipinski definition) is 5. The number of aliphatic hydroxyl groups is 1. The Kier molecular flexibility index (Phi) is 9.14. The Bertz CT molecular complexity index is 444. The third-order valence-electron chi connectivity index (χ3n) is 2.99. The van der Waals surface area contributed by atoms with Gasteiger partial charge in [-0.3, -0.25) is 0 Å². The van der Waals surface area contributed by atoms with Gasteiger partial charge in [-0.2, -0.15) is 0 Å². The van der Waals surface area contributed by atoms with E-state index in [0.29, 0.717) is 19.4 Å². The van der Waals surface area contributed by atoms with E-state index in [4.69, 9.17) is 14.2 Å². The van der Waals surface area contributed by atoms with Crippen LogP contribution in [0.25, 0.3) is 0 Å². The molecule has 0 unspecified atom stereocenters. The van der Waals surface area contributed by atoms with Crippen molar-refractivity contribution >= 4 is 5.97 Å². The predicted octanol–water partition coefficient (Wildman–Crippen LogP) is 2.61. The van der Waals surface area contributed by atoms with E-state index in [0.717, 1.165) is 5.56 Å². The standard InChI is InChI=1S/C17H24O5/c1-3-21-17(19)11-7-10-15(18)12-16(22-13-20-2)14-8-5-4-6-9-14/h4-9,11,15-16,18H,3,10,12-13H2,1-2H3/b11-7+/t15-,16+/m0/s1. The molecule has 0 radical (unpaired) electrons. The molecule has 0 aliphatic carbocycles. The van der Waals surface area contributed by atoms with Crippen LogP contribution in [0.1, 0.15) is 31.4 Å². The highest BCUT2D eigenvalue weighted by Crippen LogP contribution is 2.23. The van der Waals surface area contributed by atoms with Crippen molar-refractivity contribution in [3.05, 3.63) is 48.0 Å². The first kappa shape index (κ1) is 18.4. The molecule has 2 atom stereocenters. The summed E-state index contributed by atoms with van der Waals surface area (Å²) in [4.78, 5) is 11.2. The highest BCUT2D eigenvalue weighted by molar-refractivity contribution is 5.81. The maximum atomic E-state index is 11.2. The van der Waals surface area contributed by atoms with Gasteiger partial charge in [-0.15, -0.1) is 0 Å². The molecule has 0 saturated carbocycles. The molecule has 0 aromatic heterocycles. The van der Waals surface area contributed by atoms with Crippen LogP contribution in [0.15, 0.2) is 42.5 Å². The number of hydrogen-bond donors (Lipinski definition) is 1. The maximum absolute atomic E-state index is 11.2. The highest BCUT2D eigenvalue weighted by Gasteiger charge is 2.16. The summed E-state index contributed by atoms with van der Waals surface area (Å²) in [7, 11) is 1.56. The lowest BCUT2D eigenvalue weighted by molar-refractivity contribution is -0.137. The van der Waals surface area contributed by atoms with E-state index in [-0.39, 0.29) is 12.9 Å². The fourth-order valence-electron chi connectivity index (χ4n) is 1.97. The Morgan fingerprint density at radius 3 is 2.68 bits per heavy atom. The van der Waals surface area contributed by atoms with Crippen LogP contribution in [-0.2, 0) is 19.0 Å². The molecular weight excluding hydrogens is 284 g/mol. The van der Waals surface area contributed by atoms with E-state index in [2.05, 4.69) is 0 Å². The second-order valence-corrected chi connectivity index (χ2v) is 4.75. The number of esters is 1. The fourth-order valence-corrected chi connectivity index (χ4v) is 1.97. The van der Waals surface area contributed by atoms with Crippen molar-refractivity contribution in [2.45, 2.75) is 32.0 Å². The van der Waals surface area contributed by atoms with Gasteiger partial charge in [0.2, 0.25) is 0 Å². The van der Waals surface area contributed by atoms with Crippen molar-refractivity contribution in [3.63, 3.8) is 0 Å². The summed E-state index contributed by atoms with van der Waals surface area (Å²) in [5.74, 6) is -0.398.